The van der Waals surface area contributed by atoms with Crippen LogP contribution in [0.1, 0.15) is 0 Å². The summed E-state index contributed by atoms with van der Waals surface area (Å²) in [7, 11) is 0. The molecule has 8 aromatic carbocycles. The Morgan fingerprint density at radius 1 is 0.347 bits per heavy atom. The predicted octanol–water partition coefficient (Wildman–Crippen LogP) is 12.0. The molecule has 2 heterocycles. The van der Waals surface area contributed by atoms with Crippen molar-refractivity contribution in [1.29, 1.82) is 0 Å². The van der Waals surface area contributed by atoms with Crippen LogP contribution in [0.5, 0.6) is 0 Å². The Bertz CT molecular complexity index is 2760. The van der Waals surface area contributed by atoms with Crippen molar-refractivity contribution in [2.75, 3.05) is 0 Å². The van der Waals surface area contributed by atoms with Gasteiger partial charge in [0.25, 0.3) is 0 Å². The molecular weight excluding hydrogens is 595 g/mol. The van der Waals surface area contributed by atoms with Crippen molar-refractivity contribution in [2.24, 2.45) is 0 Å². The number of hydrogen-bond acceptors (Lipinski definition) is 2. The van der Waals surface area contributed by atoms with Crippen LogP contribution in [-0.2, 0) is 0 Å². The molecule has 0 fully saturated rings. The van der Waals surface area contributed by atoms with Crippen LogP contribution in [0.15, 0.2) is 176 Å². The third-order valence-electron chi connectivity index (χ3n) is 9.75. The Kier molecular flexibility index (Phi) is 6.18. The summed E-state index contributed by atoms with van der Waals surface area (Å²) in [6.45, 7) is 0. The van der Waals surface area contributed by atoms with Gasteiger partial charge in [-0.3, -0.25) is 0 Å². The zero-order chi connectivity index (χ0) is 32.3. The first kappa shape index (κ1) is 27.5. The first-order chi connectivity index (χ1) is 24.3. The fraction of sp³-hybridized carbons (Fsp3) is 0. The molecule has 0 N–H and O–H groups in total. The van der Waals surface area contributed by atoms with Crippen LogP contribution in [0.4, 0.5) is 0 Å². The molecule has 0 radical (unpaired) electrons. The van der Waals surface area contributed by atoms with E-state index in [0.29, 0.717) is 0 Å². The van der Waals surface area contributed by atoms with Gasteiger partial charge in [0.05, 0.1) is 22.2 Å². The average Bonchev–Trinajstić information content (AvgIpc) is 3.47. The Labute approximate surface area is 283 Å². The minimum Gasteiger partial charge on any atom is -0.309 e. The normalized spacial score (nSPS) is 11.7. The highest BCUT2D eigenvalue weighted by atomic mass is 15.0. The summed E-state index contributed by atoms with van der Waals surface area (Å²) in [4.78, 5) is 10.0. The van der Waals surface area contributed by atoms with E-state index >= 15 is 0 Å². The molecular formula is C46H29N3. The van der Waals surface area contributed by atoms with Gasteiger partial charge in [0.15, 0.2) is 5.82 Å². The van der Waals surface area contributed by atoms with Crippen LogP contribution in [0.3, 0.4) is 0 Å². The van der Waals surface area contributed by atoms with E-state index in [-0.39, 0.29) is 0 Å². The Hall–Kier alpha value is -6.58. The van der Waals surface area contributed by atoms with Gasteiger partial charge in [-0.05, 0) is 75.1 Å². The molecule has 0 aliphatic carbocycles. The van der Waals surface area contributed by atoms with Gasteiger partial charge in [0.2, 0.25) is 0 Å². The zero-order valence-electron chi connectivity index (χ0n) is 26.6. The fourth-order valence-electron chi connectivity index (χ4n) is 7.30. The number of fused-ring (bicyclic) bond motifs is 6. The monoisotopic (exact) mass is 623 g/mol. The maximum Gasteiger partial charge on any atom is 0.160 e. The lowest BCUT2D eigenvalue weighted by molar-refractivity contribution is 1.18. The van der Waals surface area contributed by atoms with Crippen molar-refractivity contribution in [3.05, 3.63) is 176 Å². The van der Waals surface area contributed by atoms with E-state index in [4.69, 9.17) is 9.97 Å². The quantitative estimate of drug-likeness (QED) is 0.195. The molecule has 2 aromatic heterocycles. The molecule has 0 saturated carbocycles. The second-order valence-corrected chi connectivity index (χ2v) is 12.7. The van der Waals surface area contributed by atoms with Crippen molar-refractivity contribution >= 4 is 54.3 Å². The third-order valence-corrected chi connectivity index (χ3v) is 9.75. The van der Waals surface area contributed by atoms with Crippen molar-refractivity contribution in [3.63, 3.8) is 0 Å². The van der Waals surface area contributed by atoms with Crippen LogP contribution in [0.25, 0.3) is 93.7 Å². The first-order valence-electron chi connectivity index (χ1n) is 16.7. The summed E-state index contributed by atoms with van der Waals surface area (Å²) in [5.41, 5.74) is 9.86. The lowest BCUT2D eigenvalue weighted by Crippen LogP contribution is -1.95. The van der Waals surface area contributed by atoms with Gasteiger partial charge < -0.3 is 4.57 Å². The van der Waals surface area contributed by atoms with E-state index in [2.05, 4.69) is 162 Å². The second-order valence-electron chi connectivity index (χ2n) is 12.7. The molecule has 3 heteroatoms. The smallest absolute Gasteiger partial charge is 0.160 e. The van der Waals surface area contributed by atoms with E-state index in [1.807, 2.05) is 18.2 Å². The molecule has 3 nitrogen and oxygen atoms in total. The molecule has 0 aliphatic heterocycles. The highest BCUT2D eigenvalue weighted by Crippen LogP contribution is 2.38. The maximum atomic E-state index is 5.06. The number of para-hydroxylation sites is 1. The summed E-state index contributed by atoms with van der Waals surface area (Å²) in [6, 6.07) is 62.7. The number of nitrogens with zero attached hydrogens (tertiary/aromatic N) is 3. The number of hydrogen-bond donors (Lipinski definition) is 0. The van der Waals surface area contributed by atoms with Gasteiger partial charge in [-0.2, -0.15) is 0 Å². The van der Waals surface area contributed by atoms with E-state index in [0.717, 1.165) is 50.4 Å². The minimum absolute atomic E-state index is 0.728. The summed E-state index contributed by atoms with van der Waals surface area (Å²) >= 11 is 0. The van der Waals surface area contributed by atoms with Crippen LogP contribution in [0.2, 0.25) is 0 Å². The zero-order valence-corrected chi connectivity index (χ0v) is 26.6. The van der Waals surface area contributed by atoms with Crippen LogP contribution in [-0.4, -0.2) is 14.5 Å². The SMILES string of the molecule is c1ccc(-c2nc(-c3ccc(-c4ccc(-n5c6cc7ccccc7cc6c6cc7ccccc7cc65)cc4)cc3)nc3ccccc23)cc1. The highest BCUT2D eigenvalue weighted by Gasteiger charge is 2.15. The standard InChI is InChI=1S/C46H29N3/c1-2-10-32(11-3-1)45-39-16-8-9-17-42(39)47-46(48-45)33-20-18-30(19-21-33)31-22-24-38(25-23-31)49-43-28-36-14-6-4-12-34(36)26-40(43)41-27-35-13-5-7-15-37(35)29-44(41)49/h1-29H. The molecule has 10 rings (SSSR count). The van der Waals surface area contributed by atoms with E-state index in [9.17, 15) is 0 Å². The van der Waals surface area contributed by atoms with Crippen molar-refractivity contribution in [3.8, 4) is 39.5 Å². The molecule has 0 atom stereocenters. The van der Waals surface area contributed by atoms with Gasteiger partial charge in [-0.1, -0.05) is 133 Å². The summed E-state index contributed by atoms with van der Waals surface area (Å²) < 4.78 is 2.41. The lowest BCUT2D eigenvalue weighted by atomic mass is 10.0. The first-order valence-corrected chi connectivity index (χ1v) is 16.7. The largest absolute Gasteiger partial charge is 0.309 e. The van der Waals surface area contributed by atoms with Gasteiger partial charge in [0, 0.05) is 33.0 Å². The predicted molar refractivity (Wildman–Crippen MR) is 205 cm³/mol. The molecule has 49 heavy (non-hydrogen) atoms. The molecule has 10 aromatic rings. The summed E-state index contributed by atoms with van der Waals surface area (Å²) in [6.07, 6.45) is 0. The molecule has 0 amide bonds. The molecule has 0 aliphatic rings. The van der Waals surface area contributed by atoms with Gasteiger partial charge in [0.1, 0.15) is 0 Å². The molecule has 0 unspecified atom stereocenters. The Morgan fingerprint density at radius 3 is 1.45 bits per heavy atom. The van der Waals surface area contributed by atoms with E-state index in [1.54, 1.807) is 0 Å². The Morgan fingerprint density at radius 2 is 0.837 bits per heavy atom. The van der Waals surface area contributed by atoms with Crippen molar-refractivity contribution in [2.45, 2.75) is 0 Å². The van der Waals surface area contributed by atoms with E-state index < -0.39 is 0 Å². The second kappa shape index (κ2) is 11.0. The molecule has 228 valence electrons. The van der Waals surface area contributed by atoms with Crippen LogP contribution in [0, 0.1) is 0 Å². The van der Waals surface area contributed by atoms with Crippen molar-refractivity contribution < 1.29 is 0 Å². The minimum atomic E-state index is 0.728. The maximum absolute atomic E-state index is 5.06. The third kappa shape index (κ3) is 4.59. The molecule has 0 spiro atoms. The summed E-state index contributed by atoms with van der Waals surface area (Å²) in [5, 5.41) is 8.59. The van der Waals surface area contributed by atoms with Crippen LogP contribution >= 0.6 is 0 Å². The van der Waals surface area contributed by atoms with E-state index in [1.165, 1.54) is 43.4 Å². The number of rotatable bonds is 4. The summed E-state index contributed by atoms with van der Waals surface area (Å²) in [5.74, 6) is 0.728. The van der Waals surface area contributed by atoms with Crippen molar-refractivity contribution in [1.82, 2.24) is 14.5 Å². The molecule has 0 bridgehead atoms. The number of benzene rings is 8. The van der Waals surface area contributed by atoms with Gasteiger partial charge in [-0.15, -0.1) is 0 Å². The van der Waals surface area contributed by atoms with Crippen LogP contribution < -0.4 is 0 Å². The Balaban J connectivity index is 1.05. The lowest BCUT2D eigenvalue weighted by Gasteiger charge is -2.11. The number of aromatic nitrogens is 3. The molecule has 0 saturated heterocycles. The van der Waals surface area contributed by atoms with Gasteiger partial charge in [-0.25, -0.2) is 9.97 Å². The topological polar surface area (TPSA) is 30.7 Å². The van der Waals surface area contributed by atoms with Gasteiger partial charge >= 0.3 is 0 Å². The highest BCUT2D eigenvalue weighted by molar-refractivity contribution is 6.16. The average molecular weight is 624 g/mol. The fourth-order valence-corrected chi connectivity index (χ4v) is 7.30.